The van der Waals surface area contributed by atoms with Gasteiger partial charge in [0.2, 0.25) is 0 Å². The van der Waals surface area contributed by atoms with Crippen molar-refractivity contribution in [1.29, 1.82) is 0 Å². The fourth-order valence-electron chi connectivity index (χ4n) is 20.2. The first-order chi connectivity index (χ1) is 31.1. The number of benzene rings is 7. The van der Waals surface area contributed by atoms with Gasteiger partial charge in [-0.3, -0.25) is 0 Å². The molecule has 0 atom stereocenters. The lowest BCUT2D eigenvalue weighted by Crippen LogP contribution is -2.62. The Labute approximate surface area is 378 Å². The average Bonchev–Trinajstić information content (AvgIpc) is 4.00. The molecule has 16 bridgehead atoms. The molecule has 7 aromatic rings. The van der Waals surface area contributed by atoms with Crippen LogP contribution in [-0.2, 0) is 0 Å². The highest BCUT2D eigenvalue weighted by molar-refractivity contribution is 6.44. The second-order valence-corrected chi connectivity index (χ2v) is 25.6. The smallest absolute Gasteiger partial charge is 0.00139 e. The molecule has 0 aromatic heterocycles. The predicted octanol–water partition coefficient (Wildman–Crippen LogP) is 17.9. The molecule has 0 unspecified atom stereocenters. The number of hydrogen-bond donors (Lipinski definition) is 0. The molecule has 0 amide bonds. The van der Waals surface area contributed by atoms with E-state index in [4.69, 9.17) is 0 Å². The van der Waals surface area contributed by atoms with Crippen molar-refractivity contribution in [3.63, 3.8) is 0 Å². The molecule has 0 heteroatoms. The molecule has 16 saturated carbocycles. The predicted molar refractivity (Wildman–Crippen MR) is 267 cm³/mol. The first kappa shape index (κ1) is 38.0. The zero-order chi connectivity index (χ0) is 40.9. The van der Waals surface area contributed by atoms with Crippen LogP contribution in [0.3, 0.4) is 0 Å². The Morgan fingerprint density at radius 2 is 0.333 bits per heavy atom. The molecular weight excluding hydrogens is 757 g/mol. The summed E-state index contributed by atoms with van der Waals surface area (Å²) >= 11 is 0. The highest BCUT2D eigenvalue weighted by atomic mass is 14.7. The van der Waals surface area contributed by atoms with Gasteiger partial charge in [-0.2, -0.15) is 0 Å². The van der Waals surface area contributed by atoms with Crippen LogP contribution in [0.15, 0.2) is 72.8 Å². The number of fused-ring (bicyclic) bond motifs is 5. The highest BCUT2D eigenvalue weighted by Crippen LogP contribution is 2.71. The van der Waals surface area contributed by atoms with E-state index in [0.717, 1.165) is 11.8 Å². The summed E-state index contributed by atoms with van der Waals surface area (Å²) in [5, 5.41) is 16.7. The van der Waals surface area contributed by atoms with Crippen LogP contribution in [0.2, 0.25) is 0 Å². The molecule has 0 saturated heterocycles. The van der Waals surface area contributed by atoms with E-state index in [-0.39, 0.29) is 0 Å². The molecule has 0 radical (unpaired) electrons. The summed E-state index contributed by atoms with van der Waals surface area (Å²) < 4.78 is 0. The fourth-order valence-corrected chi connectivity index (χ4v) is 20.2. The van der Waals surface area contributed by atoms with Gasteiger partial charge in [-0.05, 0) is 243 Å². The standard InChI is InChI=1S/C24H12.C14H20.C10H16.C8H14.C7H12/c1-2-14-5-6-16-9-11-18-12-10-17-8-7-15-4-3-13(1)19-20(14)22(16)24(18)23(17)21(15)19;1-7-2-12-10-4-8-5-11(9(1)10)13(3-7)14(12)6-8;1-7-2-9-4-8(1)5-10(3-7)6-9;1-2-8-5-3-7(1)4-6-8;1-2-7-4-3-6(1)5-7/h1-12H;7-14H,1-6H2;7-10H,1-6H2;7-8H,1-6H2;6-7H,1-5H2. The Kier molecular flexibility index (Phi) is 8.87. The first-order valence-electron chi connectivity index (χ1n) is 27.7. The van der Waals surface area contributed by atoms with Crippen LogP contribution in [0.4, 0.5) is 0 Å². The summed E-state index contributed by atoms with van der Waals surface area (Å²) in [5.41, 5.74) is 0. The van der Waals surface area contributed by atoms with Gasteiger partial charge in [-0.25, -0.2) is 0 Å². The van der Waals surface area contributed by atoms with Gasteiger partial charge in [0.25, 0.3) is 0 Å². The maximum Gasteiger partial charge on any atom is -0.00139 e. The molecule has 0 nitrogen and oxygen atoms in total. The minimum Gasteiger partial charge on any atom is -0.0537 e. The molecule has 16 aliphatic rings. The van der Waals surface area contributed by atoms with Crippen molar-refractivity contribution in [3.05, 3.63) is 72.8 Å². The highest BCUT2D eigenvalue weighted by Gasteiger charge is 2.63. The van der Waals surface area contributed by atoms with Gasteiger partial charge in [0.1, 0.15) is 0 Å². The summed E-state index contributed by atoms with van der Waals surface area (Å²) in [5.74, 6) is 19.1. The van der Waals surface area contributed by atoms with Crippen LogP contribution in [0.1, 0.15) is 148 Å². The van der Waals surface area contributed by atoms with Crippen molar-refractivity contribution in [2.75, 3.05) is 0 Å². The summed E-state index contributed by atoms with van der Waals surface area (Å²) in [7, 11) is 0. The van der Waals surface area contributed by atoms with E-state index in [0.29, 0.717) is 0 Å². The topological polar surface area (TPSA) is 0 Å². The molecule has 16 aliphatic carbocycles. The minimum atomic E-state index is 1.15. The van der Waals surface area contributed by atoms with E-state index >= 15 is 0 Å². The summed E-state index contributed by atoms with van der Waals surface area (Å²) in [4.78, 5) is 0. The quantitative estimate of drug-likeness (QED) is 0.106. The van der Waals surface area contributed by atoms with Crippen LogP contribution in [0.5, 0.6) is 0 Å². The first-order valence-corrected chi connectivity index (χ1v) is 27.7. The zero-order valence-electron chi connectivity index (χ0n) is 38.4. The van der Waals surface area contributed by atoms with E-state index in [9.17, 15) is 0 Å². The molecule has 7 aromatic carbocycles. The maximum absolute atomic E-state index is 2.27. The third-order valence-corrected chi connectivity index (χ3v) is 22.4. The van der Waals surface area contributed by atoms with Crippen LogP contribution >= 0.6 is 0 Å². The zero-order valence-corrected chi connectivity index (χ0v) is 38.4. The van der Waals surface area contributed by atoms with E-state index in [1.807, 2.05) is 0 Å². The molecule has 0 N–H and O–H groups in total. The Bertz CT molecular complexity index is 2180. The molecule has 63 heavy (non-hydrogen) atoms. The van der Waals surface area contributed by atoms with Gasteiger partial charge in [0, 0.05) is 0 Å². The number of rotatable bonds is 0. The van der Waals surface area contributed by atoms with Crippen LogP contribution < -0.4 is 0 Å². The molecular formula is C63H74. The minimum absolute atomic E-state index is 1.15. The van der Waals surface area contributed by atoms with E-state index in [2.05, 4.69) is 72.8 Å². The lowest BCUT2D eigenvalue weighted by molar-refractivity contribution is -0.202. The third-order valence-electron chi connectivity index (χ3n) is 22.4. The molecule has 0 aliphatic heterocycles. The van der Waals surface area contributed by atoms with E-state index < -0.39 is 0 Å². The lowest BCUT2D eigenvalue weighted by atomic mass is 9.36. The molecule has 23 rings (SSSR count). The van der Waals surface area contributed by atoms with Gasteiger partial charge in [0.05, 0.1) is 0 Å². The van der Waals surface area contributed by atoms with Gasteiger partial charge < -0.3 is 0 Å². The molecule has 0 heterocycles. The summed E-state index contributed by atoms with van der Waals surface area (Å²) in [6.45, 7) is 0. The second-order valence-electron chi connectivity index (χ2n) is 25.6. The Hall–Kier alpha value is -3.12. The normalized spacial score (nSPS) is 41.1. The maximum atomic E-state index is 2.27. The fraction of sp³-hybridized carbons (Fsp3) is 0.619. The van der Waals surface area contributed by atoms with Gasteiger partial charge in [-0.15, -0.1) is 0 Å². The van der Waals surface area contributed by atoms with Gasteiger partial charge in [0.15, 0.2) is 0 Å². The molecule has 16 fully saturated rings. The summed E-state index contributed by atoms with van der Waals surface area (Å²) in [6.07, 6.45) is 36.7. The Morgan fingerprint density at radius 3 is 0.492 bits per heavy atom. The van der Waals surface area contributed by atoms with Crippen molar-refractivity contribution in [3.8, 4) is 0 Å². The number of hydrogen-bond acceptors (Lipinski definition) is 0. The lowest BCUT2D eigenvalue weighted by Gasteiger charge is -2.69. The third kappa shape index (κ3) is 6.16. The SMILES string of the molecule is C1C2CC3C4CC5CC(C14)C(C2)C3C5.C1C2CC3CC1CC(C2)C3.C1CC2CCC1C2.C1CC2CCC1CC2.c1cc2ccc3ccc4ccc5ccc6ccc1c1c2c3c4c5c61. The van der Waals surface area contributed by atoms with Crippen molar-refractivity contribution in [2.24, 2.45) is 94.7 Å². The average molecular weight is 831 g/mol. The second kappa shape index (κ2) is 14.7. The van der Waals surface area contributed by atoms with Crippen LogP contribution in [0, 0.1) is 94.7 Å². The van der Waals surface area contributed by atoms with Gasteiger partial charge in [-0.1, -0.05) is 137 Å². The molecule has 326 valence electrons. The Balaban J connectivity index is 0.0000000803. The largest absolute Gasteiger partial charge is 0.0537 e. The van der Waals surface area contributed by atoms with E-state index in [1.165, 1.54) is 147 Å². The Morgan fingerprint density at radius 1 is 0.175 bits per heavy atom. The van der Waals surface area contributed by atoms with Gasteiger partial charge >= 0.3 is 0 Å². The van der Waals surface area contributed by atoms with Crippen LogP contribution in [-0.4, -0.2) is 0 Å². The van der Waals surface area contributed by atoms with Crippen molar-refractivity contribution < 1.29 is 0 Å². The summed E-state index contributed by atoms with van der Waals surface area (Å²) in [6, 6.07) is 27.3. The van der Waals surface area contributed by atoms with Crippen molar-refractivity contribution in [1.82, 2.24) is 0 Å². The van der Waals surface area contributed by atoms with Crippen molar-refractivity contribution in [2.45, 2.75) is 148 Å². The van der Waals surface area contributed by atoms with Crippen LogP contribution in [0.25, 0.3) is 64.6 Å². The van der Waals surface area contributed by atoms with Crippen molar-refractivity contribution >= 4 is 64.6 Å². The molecule has 0 spiro atoms. The monoisotopic (exact) mass is 831 g/mol. The van der Waals surface area contributed by atoms with E-state index in [1.54, 1.807) is 148 Å².